The molecular formula is C80H157NO5. The molecule has 0 aromatic carbocycles. The fraction of sp³-hybridized carbons (Fsp3) is 0.950. The smallest absolute Gasteiger partial charge is 0.305 e. The number of nitrogens with one attached hydrogen (secondary N) is 1. The third-order valence-corrected chi connectivity index (χ3v) is 19.1. The van der Waals surface area contributed by atoms with Crippen LogP contribution in [0.4, 0.5) is 0 Å². The number of amides is 1. The highest BCUT2D eigenvalue weighted by Crippen LogP contribution is 2.20. The van der Waals surface area contributed by atoms with Crippen LogP contribution in [0.2, 0.25) is 0 Å². The fourth-order valence-corrected chi connectivity index (χ4v) is 13.0. The van der Waals surface area contributed by atoms with Crippen molar-refractivity contribution < 1.29 is 24.5 Å². The molecule has 0 aliphatic rings. The maximum Gasteiger partial charge on any atom is 0.305 e. The van der Waals surface area contributed by atoms with E-state index in [0.29, 0.717) is 19.4 Å². The number of aliphatic hydroxyl groups is 2. The molecule has 86 heavy (non-hydrogen) atoms. The van der Waals surface area contributed by atoms with Crippen LogP contribution < -0.4 is 5.32 Å². The van der Waals surface area contributed by atoms with E-state index in [1.807, 2.05) is 6.08 Å². The summed E-state index contributed by atoms with van der Waals surface area (Å²) >= 11 is 0. The Kier molecular flexibility index (Phi) is 74.8. The first-order chi connectivity index (χ1) is 42.5. The molecule has 1 amide bonds. The zero-order valence-corrected chi connectivity index (χ0v) is 58.8. The van der Waals surface area contributed by atoms with Crippen LogP contribution in [0.25, 0.3) is 0 Å². The molecule has 0 bridgehead atoms. The Morgan fingerprint density at radius 2 is 0.535 bits per heavy atom. The highest BCUT2D eigenvalue weighted by Gasteiger charge is 2.18. The maximum absolute atomic E-state index is 12.5. The first-order valence-electron chi connectivity index (χ1n) is 40.0. The Bertz CT molecular complexity index is 1300. The summed E-state index contributed by atoms with van der Waals surface area (Å²) in [5.41, 5.74) is 0. The summed E-state index contributed by atoms with van der Waals surface area (Å²) < 4.78 is 5.52. The van der Waals surface area contributed by atoms with Gasteiger partial charge in [-0.25, -0.2) is 0 Å². The molecule has 0 rings (SSSR count). The van der Waals surface area contributed by atoms with E-state index in [2.05, 4.69) is 19.2 Å². The third kappa shape index (κ3) is 71.7. The summed E-state index contributed by atoms with van der Waals surface area (Å²) in [6.07, 6.45) is 96.5. The van der Waals surface area contributed by atoms with Crippen molar-refractivity contribution in [3.8, 4) is 0 Å². The van der Waals surface area contributed by atoms with Gasteiger partial charge in [0.05, 0.1) is 25.4 Å². The number of aliphatic hydroxyl groups excluding tert-OH is 2. The highest BCUT2D eigenvalue weighted by atomic mass is 16.5. The van der Waals surface area contributed by atoms with Crippen LogP contribution in [0.5, 0.6) is 0 Å². The van der Waals surface area contributed by atoms with Gasteiger partial charge in [0.2, 0.25) is 5.91 Å². The Labute approximate surface area is 539 Å². The molecule has 6 nitrogen and oxygen atoms in total. The molecule has 0 fully saturated rings. The minimum Gasteiger partial charge on any atom is -0.466 e. The second-order valence-electron chi connectivity index (χ2n) is 27.8. The van der Waals surface area contributed by atoms with Crippen LogP contribution in [-0.4, -0.2) is 47.4 Å². The number of hydrogen-bond acceptors (Lipinski definition) is 5. The van der Waals surface area contributed by atoms with E-state index < -0.39 is 12.1 Å². The second-order valence-corrected chi connectivity index (χ2v) is 27.8. The van der Waals surface area contributed by atoms with E-state index in [4.69, 9.17) is 4.74 Å². The SMILES string of the molecule is CCCCCCCCCCCC/C=C/C(O)C(CO)NC(=O)CCCCCCCCCCCCCCCCCCCCCCCCCCCCCCCCCCCCCCCCCOC(=O)CCCCCCCCCCCCCCCCCCCC. The Balaban J connectivity index is 3.26. The van der Waals surface area contributed by atoms with Crippen LogP contribution >= 0.6 is 0 Å². The molecule has 0 spiro atoms. The molecule has 2 atom stereocenters. The van der Waals surface area contributed by atoms with Gasteiger partial charge in [-0.3, -0.25) is 9.59 Å². The molecular weight excluding hydrogens is 1050 g/mol. The molecule has 3 N–H and O–H groups in total. The average molecular weight is 1210 g/mol. The van der Waals surface area contributed by atoms with Crippen molar-refractivity contribution in [2.24, 2.45) is 0 Å². The van der Waals surface area contributed by atoms with E-state index in [1.54, 1.807) is 6.08 Å². The molecule has 0 aromatic rings. The van der Waals surface area contributed by atoms with E-state index in [-0.39, 0.29) is 18.5 Å². The first-order valence-corrected chi connectivity index (χ1v) is 40.0. The summed E-state index contributed by atoms with van der Waals surface area (Å²) in [5, 5.41) is 23.1. The number of hydrogen-bond donors (Lipinski definition) is 3. The van der Waals surface area contributed by atoms with Gasteiger partial charge in [0.15, 0.2) is 0 Å². The normalized spacial score (nSPS) is 12.5. The van der Waals surface area contributed by atoms with E-state index in [9.17, 15) is 19.8 Å². The van der Waals surface area contributed by atoms with Crippen molar-refractivity contribution in [3.63, 3.8) is 0 Å². The van der Waals surface area contributed by atoms with Crippen molar-refractivity contribution in [1.82, 2.24) is 5.32 Å². The number of ether oxygens (including phenoxy) is 1. The predicted octanol–water partition coefficient (Wildman–Crippen LogP) is 26.3. The number of carbonyl (C=O) groups is 2. The van der Waals surface area contributed by atoms with Gasteiger partial charge in [-0.15, -0.1) is 0 Å². The lowest BCUT2D eigenvalue weighted by molar-refractivity contribution is -0.143. The maximum atomic E-state index is 12.5. The van der Waals surface area contributed by atoms with Crippen molar-refractivity contribution >= 4 is 11.9 Å². The van der Waals surface area contributed by atoms with Gasteiger partial charge in [-0.05, 0) is 32.1 Å². The summed E-state index contributed by atoms with van der Waals surface area (Å²) in [7, 11) is 0. The van der Waals surface area contributed by atoms with Crippen LogP contribution in [-0.2, 0) is 14.3 Å². The molecule has 0 saturated heterocycles. The van der Waals surface area contributed by atoms with Gasteiger partial charge < -0.3 is 20.3 Å². The van der Waals surface area contributed by atoms with Crippen LogP contribution in [0, 0.1) is 0 Å². The topological polar surface area (TPSA) is 95.9 Å². The van der Waals surface area contributed by atoms with Gasteiger partial charge in [-0.1, -0.05) is 431 Å². The molecule has 6 heteroatoms. The van der Waals surface area contributed by atoms with Gasteiger partial charge >= 0.3 is 5.97 Å². The lowest BCUT2D eigenvalue weighted by Gasteiger charge is -2.20. The average Bonchev–Trinajstić information content (AvgIpc) is 3.54. The van der Waals surface area contributed by atoms with Crippen LogP contribution in [0.15, 0.2) is 12.2 Å². The fourth-order valence-electron chi connectivity index (χ4n) is 13.0. The quantitative estimate of drug-likeness (QED) is 0.0320. The van der Waals surface area contributed by atoms with Crippen molar-refractivity contribution in [2.45, 2.75) is 475 Å². The number of rotatable bonds is 76. The number of unbranched alkanes of at least 4 members (excludes halogenated alkanes) is 65. The number of allylic oxidation sites excluding steroid dienone is 1. The third-order valence-electron chi connectivity index (χ3n) is 19.1. The molecule has 0 saturated carbocycles. The van der Waals surface area contributed by atoms with Gasteiger partial charge in [0, 0.05) is 12.8 Å². The Hall–Kier alpha value is -1.40. The summed E-state index contributed by atoms with van der Waals surface area (Å²) in [5.74, 6) is -0.0305. The molecule has 2 unspecified atom stereocenters. The molecule has 0 aliphatic heterocycles. The number of carbonyl (C=O) groups excluding carboxylic acids is 2. The van der Waals surface area contributed by atoms with Crippen molar-refractivity contribution in [3.05, 3.63) is 12.2 Å². The summed E-state index contributed by atoms with van der Waals surface area (Å²) in [6, 6.07) is -0.621. The van der Waals surface area contributed by atoms with Gasteiger partial charge in [0.1, 0.15) is 0 Å². The lowest BCUT2D eigenvalue weighted by Crippen LogP contribution is -2.45. The first kappa shape index (κ1) is 84.6. The Morgan fingerprint density at radius 1 is 0.314 bits per heavy atom. The number of esters is 1. The van der Waals surface area contributed by atoms with E-state index >= 15 is 0 Å². The minimum atomic E-state index is -0.838. The lowest BCUT2D eigenvalue weighted by atomic mass is 10.0. The highest BCUT2D eigenvalue weighted by molar-refractivity contribution is 5.76. The molecule has 512 valence electrons. The van der Waals surface area contributed by atoms with Crippen LogP contribution in [0.1, 0.15) is 463 Å². The molecule has 0 radical (unpaired) electrons. The minimum absolute atomic E-state index is 0.0294. The van der Waals surface area contributed by atoms with E-state index in [1.165, 1.54) is 398 Å². The molecule has 0 aromatic heterocycles. The second kappa shape index (κ2) is 76.1. The largest absolute Gasteiger partial charge is 0.466 e. The monoisotopic (exact) mass is 1210 g/mol. The van der Waals surface area contributed by atoms with Crippen molar-refractivity contribution in [2.75, 3.05) is 13.2 Å². The predicted molar refractivity (Wildman–Crippen MR) is 380 cm³/mol. The Morgan fingerprint density at radius 3 is 0.791 bits per heavy atom. The van der Waals surface area contributed by atoms with Crippen LogP contribution in [0.3, 0.4) is 0 Å². The zero-order chi connectivity index (χ0) is 62.0. The molecule has 0 heterocycles. The van der Waals surface area contributed by atoms with Gasteiger partial charge in [0.25, 0.3) is 0 Å². The van der Waals surface area contributed by atoms with Gasteiger partial charge in [-0.2, -0.15) is 0 Å². The van der Waals surface area contributed by atoms with Crippen molar-refractivity contribution in [1.29, 1.82) is 0 Å². The summed E-state index contributed by atoms with van der Waals surface area (Å²) in [6.45, 7) is 4.95. The standard InChI is InChI=1S/C80H157NO5/c1-3-5-7-9-11-13-15-17-18-19-44-47-50-54-58-62-66-70-74-80(85)86-75-71-67-63-59-55-51-48-45-42-40-38-36-34-32-30-28-26-24-22-20-21-23-25-27-29-31-33-35-37-39-41-43-46-49-53-57-61-65-69-73-79(84)81-77(76-82)78(83)72-68-64-60-56-52-16-14-12-10-8-6-4-2/h68,72,77-78,82-83H,3-67,69-71,73-76H2,1-2H3,(H,81,84)/b72-68+. The summed E-state index contributed by atoms with van der Waals surface area (Å²) in [4.78, 5) is 24.6. The molecule has 0 aliphatic carbocycles. The van der Waals surface area contributed by atoms with E-state index in [0.717, 1.165) is 38.5 Å². The zero-order valence-electron chi connectivity index (χ0n) is 58.8.